The van der Waals surface area contributed by atoms with Crippen LogP contribution >= 0.6 is 0 Å². The number of anilines is 1. The summed E-state index contributed by atoms with van der Waals surface area (Å²) >= 11 is 0. The summed E-state index contributed by atoms with van der Waals surface area (Å²) in [5.74, 6) is 2.01. The maximum Gasteiger partial charge on any atom is 0.239 e. The fourth-order valence-corrected chi connectivity index (χ4v) is 3.03. The van der Waals surface area contributed by atoms with Crippen molar-refractivity contribution < 1.29 is 14.1 Å². The number of aromatic nitrogens is 1. The summed E-state index contributed by atoms with van der Waals surface area (Å²) in [6, 6.07) is 9.98. The van der Waals surface area contributed by atoms with E-state index >= 15 is 0 Å². The molecule has 1 aliphatic rings. The summed E-state index contributed by atoms with van der Waals surface area (Å²) in [6.45, 7) is 9.42. The molecule has 0 atom stereocenters. The first-order chi connectivity index (χ1) is 12.6. The molecule has 1 aliphatic heterocycles. The fourth-order valence-electron chi connectivity index (χ4n) is 3.03. The molecule has 26 heavy (non-hydrogen) atoms. The lowest BCUT2D eigenvalue weighted by molar-refractivity contribution is -0.117. The molecule has 7 nitrogen and oxygen atoms in total. The number of nitrogens with zero attached hydrogens (tertiary/aromatic N) is 3. The van der Waals surface area contributed by atoms with Crippen LogP contribution in [0.3, 0.4) is 0 Å². The van der Waals surface area contributed by atoms with Gasteiger partial charge in [0.25, 0.3) is 0 Å². The Hall–Kier alpha value is -2.38. The first-order valence-corrected chi connectivity index (χ1v) is 9.02. The smallest absolute Gasteiger partial charge is 0.239 e. The lowest BCUT2D eigenvalue weighted by Crippen LogP contribution is -2.48. The minimum absolute atomic E-state index is 0.0572. The van der Waals surface area contributed by atoms with Gasteiger partial charge in [-0.05, 0) is 31.5 Å². The van der Waals surface area contributed by atoms with Gasteiger partial charge in [-0.15, -0.1) is 0 Å². The van der Waals surface area contributed by atoms with E-state index in [0.717, 1.165) is 38.5 Å². The lowest BCUT2D eigenvalue weighted by Gasteiger charge is -2.34. The zero-order valence-corrected chi connectivity index (χ0v) is 15.4. The summed E-state index contributed by atoms with van der Waals surface area (Å²) in [5, 5.41) is 6.55. The number of rotatable bonds is 7. The van der Waals surface area contributed by atoms with Gasteiger partial charge in [-0.2, -0.15) is 0 Å². The second-order valence-corrected chi connectivity index (χ2v) is 6.50. The highest BCUT2D eigenvalue weighted by Gasteiger charge is 2.19. The van der Waals surface area contributed by atoms with Crippen LogP contribution in [0.5, 0.6) is 5.75 Å². The van der Waals surface area contributed by atoms with Gasteiger partial charge in [0.1, 0.15) is 11.5 Å². The Morgan fingerprint density at radius 2 is 1.88 bits per heavy atom. The molecular formula is C19H26N4O3. The largest absolute Gasteiger partial charge is 0.494 e. The van der Waals surface area contributed by atoms with Crippen molar-refractivity contribution in [1.82, 2.24) is 15.0 Å². The zero-order valence-electron chi connectivity index (χ0n) is 15.4. The number of piperazine rings is 1. The minimum Gasteiger partial charge on any atom is -0.494 e. The molecule has 0 aliphatic carbocycles. The molecule has 0 saturated carbocycles. The van der Waals surface area contributed by atoms with Crippen molar-refractivity contribution in [2.45, 2.75) is 20.4 Å². The van der Waals surface area contributed by atoms with Gasteiger partial charge in [0, 0.05) is 38.8 Å². The first-order valence-electron chi connectivity index (χ1n) is 9.02. The Kier molecular flexibility index (Phi) is 6.25. The molecule has 1 amide bonds. The maximum absolute atomic E-state index is 12.1. The van der Waals surface area contributed by atoms with E-state index in [2.05, 4.69) is 32.4 Å². The number of amides is 1. The van der Waals surface area contributed by atoms with Gasteiger partial charge in [-0.3, -0.25) is 14.6 Å². The molecule has 7 heteroatoms. The molecule has 1 aromatic carbocycles. The molecule has 2 heterocycles. The topological polar surface area (TPSA) is 70.8 Å². The van der Waals surface area contributed by atoms with E-state index < -0.39 is 0 Å². The van der Waals surface area contributed by atoms with Gasteiger partial charge < -0.3 is 14.6 Å². The first kappa shape index (κ1) is 18.4. The lowest BCUT2D eigenvalue weighted by atomic mass is 10.2. The Morgan fingerprint density at radius 1 is 1.19 bits per heavy atom. The third kappa shape index (κ3) is 5.31. The molecule has 1 fully saturated rings. The highest BCUT2D eigenvalue weighted by Crippen LogP contribution is 2.15. The summed E-state index contributed by atoms with van der Waals surface area (Å²) in [4.78, 5) is 16.7. The molecule has 1 aromatic heterocycles. The van der Waals surface area contributed by atoms with E-state index in [4.69, 9.17) is 9.26 Å². The minimum atomic E-state index is -0.0572. The second kappa shape index (κ2) is 8.82. The number of nitrogens with one attached hydrogen (secondary N) is 1. The molecule has 0 spiro atoms. The van der Waals surface area contributed by atoms with Crippen LogP contribution in [0.2, 0.25) is 0 Å². The number of hydrogen-bond acceptors (Lipinski definition) is 6. The average Bonchev–Trinajstić information content (AvgIpc) is 3.03. The Labute approximate surface area is 153 Å². The maximum atomic E-state index is 12.1. The van der Waals surface area contributed by atoms with E-state index in [1.165, 1.54) is 5.56 Å². The van der Waals surface area contributed by atoms with Crippen LogP contribution in [0.4, 0.5) is 5.82 Å². The Morgan fingerprint density at radius 3 is 2.50 bits per heavy atom. The van der Waals surface area contributed by atoms with Gasteiger partial charge in [0.2, 0.25) is 5.91 Å². The van der Waals surface area contributed by atoms with Crippen LogP contribution in [-0.2, 0) is 11.3 Å². The molecular weight excluding hydrogens is 332 g/mol. The highest BCUT2D eigenvalue weighted by atomic mass is 16.5. The number of carbonyl (C=O) groups excluding carboxylic acids is 1. The van der Waals surface area contributed by atoms with Crippen LogP contribution in [0.1, 0.15) is 18.2 Å². The zero-order chi connectivity index (χ0) is 18.4. The average molecular weight is 358 g/mol. The number of aryl methyl sites for hydroxylation is 1. The number of hydrogen-bond donors (Lipinski definition) is 1. The Balaban J connectivity index is 1.40. The van der Waals surface area contributed by atoms with Gasteiger partial charge in [-0.25, -0.2) is 0 Å². The highest BCUT2D eigenvalue weighted by molar-refractivity contribution is 5.91. The molecule has 0 bridgehead atoms. The Bertz CT molecular complexity index is 706. The number of benzene rings is 1. The van der Waals surface area contributed by atoms with Gasteiger partial charge in [-0.1, -0.05) is 17.3 Å². The molecule has 0 unspecified atom stereocenters. The van der Waals surface area contributed by atoms with Crippen molar-refractivity contribution in [2.75, 3.05) is 44.6 Å². The van der Waals surface area contributed by atoms with Crippen LogP contribution in [0, 0.1) is 6.92 Å². The van der Waals surface area contributed by atoms with Crippen molar-refractivity contribution in [3.8, 4) is 5.75 Å². The van der Waals surface area contributed by atoms with Crippen LogP contribution < -0.4 is 10.1 Å². The van der Waals surface area contributed by atoms with E-state index in [0.29, 0.717) is 24.7 Å². The number of carbonyl (C=O) groups is 1. The molecule has 0 radical (unpaired) electrons. The van der Waals surface area contributed by atoms with Crippen LogP contribution in [0.25, 0.3) is 0 Å². The van der Waals surface area contributed by atoms with Crippen LogP contribution in [-0.4, -0.2) is 60.2 Å². The SMILES string of the molecule is CCOc1ccc(CN2CCN(CC(=O)Nc3cc(C)on3)CC2)cc1. The van der Waals surface area contributed by atoms with Gasteiger partial charge in [0.15, 0.2) is 5.82 Å². The standard InChI is InChI=1S/C19H26N4O3/c1-3-25-17-6-4-16(5-7-17)13-22-8-10-23(11-9-22)14-19(24)20-18-12-15(2)26-21-18/h4-7,12H,3,8-11,13-14H2,1-2H3,(H,20,21,24). The fraction of sp³-hybridized carbons (Fsp3) is 0.474. The van der Waals surface area contributed by atoms with Crippen molar-refractivity contribution in [3.05, 3.63) is 41.7 Å². The third-order valence-electron chi connectivity index (χ3n) is 4.37. The second-order valence-electron chi connectivity index (χ2n) is 6.50. The summed E-state index contributed by atoms with van der Waals surface area (Å²) < 4.78 is 10.4. The van der Waals surface area contributed by atoms with Crippen LogP contribution in [0.15, 0.2) is 34.9 Å². The molecule has 2 aromatic rings. The van der Waals surface area contributed by atoms with Crippen molar-refractivity contribution in [3.63, 3.8) is 0 Å². The molecule has 1 N–H and O–H groups in total. The monoisotopic (exact) mass is 358 g/mol. The van der Waals surface area contributed by atoms with E-state index in [9.17, 15) is 4.79 Å². The third-order valence-corrected chi connectivity index (χ3v) is 4.37. The normalized spacial score (nSPS) is 15.8. The summed E-state index contributed by atoms with van der Waals surface area (Å²) in [6.07, 6.45) is 0. The quantitative estimate of drug-likeness (QED) is 0.818. The number of ether oxygens (including phenoxy) is 1. The van der Waals surface area contributed by atoms with E-state index in [1.807, 2.05) is 19.1 Å². The van der Waals surface area contributed by atoms with Gasteiger partial charge >= 0.3 is 0 Å². The predicted molar refractivity (Wildman–Crippen MR) is 99.2 cm³/mol. The summed E-state index contributed by atoms with van der Waals surface area (Å²) in [7, 11) is 0. The molecule has 140 valence electrons. The molecule has 1 saturated heterocycles. The van der Waals surface area contributed by atoms with Gasteiger partial charge in [0.05, 0.1) is 13.2 Å². The van der Waals surface area contributed by atoms with E-state index in [1.54, 1.807) is 13.0 Å². The van der Waals surface area contributed by atoms with Crippen molar-refractivity contribution in [1.29, 1.82) is 0 Å². The molecule has 3 rings (SSSR count). The van der Waals surface area contributed by atoms with Crippen molar-refractivity contribution in [2.24, 2.45) is 0 Å². The summed E-state index contributed by atoms with van der Waals surface area (Å²) in [5.41, 5.74) is 1.28. The predicted octanol–water partition coefficient (Wildman–Crippen LogP) is 2.14. The van der Waals surface area contributed by atoms with Crippen molar-refractivity contribution >= 4 is 11.7 Å². The van der Waals surface area contributed by atoms with E-state index in [-0.39, 0.29) is 5.91 Å².